The van der Waals surface area contributed by atoms with E-state index < -0.39 is 0 Å². The summed E-state index contributed by atoms with van der Waals surface area (Å²) in [5.41, 5.74) is 7.41. The molecule has 1 saturated heterocycles. The summed E-state index contributed by atoms with van der Waals surface area (Å²) in [5, 5.41) is 4.39. The molecule has 1 aromatic rings. The van der Waals surface area contributed by atoms with Crippen molar-refractivity contribution in [3.05, 3.63) is 22.4 Å². The first-order valence-corrected chi connectivity index (χ1v) is 6.23. The Bertz CT molecular complexity index is 271. The summed E-state index contributed by atoms with van der Waals surface area (Å²) in [6, 6.07) is 3.13. The quantitative estimate of drug-likeness (QED) is 0.811. The number of piperidine rings is 1. The van der Waals surface area contributed by atoms with Gasteiger partial charge in [-0.15, -0.1) is 0 Å². The molecule has 0 saturated carbocycles. The van der Waals surface area contributed by atoms with E-state index in [4.69, 9.17) is 5.73 Å². The van der Waals surface area contributed by atoms with Gasteiger partial charge in [0.2, 0.25) is 0 Å². The first kappa shape index (κ1) is 10.1. The standard InChI is InChI=1S/C11H18N2S/c1-9(10-4-6-14-8-10)13-5-2-3-11(12)7-13/h4,6,8-9,11H,2-3,5,7,12H2,1H3. The lowest BCUT2D eigenvalue weighted by Crippen LogP contribution is -2.43. The van der Waals surface area contributed by atoms with Crippen molar-refractivity contribution in [3.63, 3.8) is 0 Å². The van der Waals surface area contributed by atoms with Crippen LogP contribution in [0.25, 0.3) is 0 Å². The zero-order chi connectivity index (χ0) is 9.97. The third-order valence-corrected chi connectivity index (χ3v) is 3.76. The van der Waals surface area contributed by atoms with Gasteiger partial charge < -0.3 is 5.73 Å². The molecule has 2 heterocycles. The zero-order valence-corrected chi connectivity index (χ0v) is 9.46. The van der Waals surface area contributed by atoms with Crippen molar-refractivity contribution in [2.24, 2.45) is 5.73 Å². The minimum atomic E-state index is 0.379. The predicted octanol–water partition coefficient (Wildman–Crippen LogP) is 2.23. The van der Waals surface area contributed by atoms with Gasteiger partial charge in [-0.25, -0.2) is 0 Å². The number of likely N-dealkylation sites (tertiary alicyclic amines) is 1. The van der Waals surface area contributed by atoms with Gasteiger partial charge in [0, 0.05) is 18.6 Å². The van der Waals surface area contributed by atoms with Gasteiger partial charge in [0.05, 0.1) is 0 Å². The summed E-state index contributed by atoms with van der Waals surface area (Å²) in [7, 11) is 0. The summed E-state index contributed by atoms with van der Waals surface area (Å²) < 4.78 is 0. The summed E-state index contributed by atoms with van der Waals surface area (Å²) >= 11 is 1.77. The summed E-state index contributed by atoms with van der Waals surface area (Å²) in [4.78, 5) is 2.50. The van der Waals surface area contributed by atoms with Crippen molar-refractivity contribution in [3.8, 4) is 0 Å². The van der Waals surface area contributed by atoms with Crippen molar-refractivity contribution >= 4 is 11.3 Å². The molecule has 2 N–H and O–H groups in total. The summed E-state index contributed by atoms with van der Waals surface area (Å²) in [6.07, 6.45) is 2.43. The van der Waals surface area contributed by atoms with E-state index in [-0.39, 0.29) is 0 Å². The molecule has 1 aliphatic rings. The Labute approximate surface area is 89.7 Å². The number of thiophene rings is 1. The molecule has 2 nitrogen and oxygen atoms in total. The third-order valence-electron chi connectivity index (χ3n) is 3.06. The topological polar surface area (TPSA) is 29.3 Å². The van der Waals surface area contributed by atoms with Crippen LogP contribution in [-0.4, -0.2) is 24.0 Å². The minimum Gasteiger partial charge on any atom is -0.327 e. The molecule has 2 unspecified atom stereocenters. The fourth-order valence-electron chi connectivity index (χ4n) is 2.12. The van der Waals surface area contributed by atoms with Crippen molar-refractivity contribution in [1.82, 2.24) is 4.90 Å². The van der Waals surface area contributed by atoms with Crippen LogP contribution in [0.2, 0.25) is 0 Å². The Balaban J connectivity index is 2.00. The molecule has 0 bridgehead atoms. The Morgan fingerprint density at radius 3 is 3.14 bits per heavy atom. The van der Waals surface area contributed by atoms with Crippen molar-refractivity contribution in [1.29, 1.82) is 0 Å². The molecular formula is C11H18N2S. The highest BCUT2D eigenvalue weighted by Crippen LogP contribution is 2.25. The number of nitrogens with two attached hydrogens (primary N) is 1. The average molecular weight is 210 g/mol. The maximum atomic E-state index is 5.98. The lowest BCUT2D eigenvalue weighted by atomic mass is 10.0. The lowest BCUT2D eigenvalue weighted by molar-refractivity contribution is 0.160. The van der Waals surface area contributed by atoms with Crippen LogP contribution in [0, 0.1) is 0 Å². The molecule has 1 fully saturated rings. The molecule has 0 amide bonds. The Kier molecular flexibility index (Phi) is 3.21. The van der Waals surface area contributed by atoms with Gasteiger partial charge in [0.15, 0.2) is 0 Å². The second kappa shape index (κ2) is 4.43. The maximum absolute atomic E-state index is 5.98. The van der Waals surface area contributed by atoms with Gasteiger partial charge in [0.25, 0.3) is 0 Å². The normalized spacial score (nSPS) is 26.3. The van der Waals surface area contributed by atoms with Crippen LogP contribution in [0.4, 0.5) is 0 Å². The van der Waals surface area contributed by atoms with Crippen LogP contribution in [0.5, 0.6) is 0 Å². The van der Waals surface area contributed by atoms with Crippen molar-refractivity contribution < 1.29 is 0 Å². The molecule has 78 valence electrons. The average Bonchev–Trinajstić information content (AvgIpc) is 2.69. The van der Waals surface area contributed by atoms with Crippen LogP contribution in [0.1, 0.15) is 31.4 Å². The van der Waals surface area contributed by atoms with E-state index in [0.717, 1.165) is 6.54 Å². The van der Waals surface area contributed by atoms with E-state index in [9.17, 15) is 0 Å². The number of nitrogens with zero attached hydrogens (tertiary/aromatic N) is 1. The van der Waals surface area contributed by atoms with Gasteiger partial charge in [-0.2, -0.15) is 11.3 Å². The Morgan fingerprint density at radius 1 is 1.64 bits per heavy atom. The van der Waals surface area contributed by atoms with Crippen LogP contribution < -0.4 is 5.73 Å². The van der Waals surface area contributed by atoms with Crippen LogP contribution >= 0.6 is 11.3 Å². The summed E-state index contributed by atoms with van der Waals surface area (Å²) in [6.45, 7) is 4.53. The molecule has 3 heteroatoms. The highest BCUT2D eigenvalue weighted by Gasteiger charge is 2.22. The SMILES string of the molecule is CC(c1ccsc1)N1CCCC(N)C1. The molecule has 2 rings (SSSR count). The van der Waals surface area contributed by atoms with Gasteiger partial charge >= 0.3 is 0 Å². The van der Waals surface area contributed by atoms with E-state index >= 15 is 0 Å². The first-order chi connectivity index (χ1) is 6.77. The van der Waals surface area contributed by atoms with E-state index in [1.807, 2.05) is 0 Å². The van der Waals surface area contributed by atoms with Crippen LogP contribution in [0.3, 0.4) is 0 Å². The van der Waals surface area contributed by atoms with Crippen LogP contribution in [0.15, 0.2) is 16.8 Å². The molecule has 2 atom stereocenters. The van der Waals surface area contributed by atoms with E-state index in [2.05, 4.69) is 28.7 Å². The molecule has 14 heavy (non-hydrogen) atoms. The zero-order valence-electron chi connectivity index (χ0n) is 8.65. The second-order valence-electron chi connectivity index (χ2n) is 4.13. The van der Waals surface area contributed by atoms with Crippen LogP contribution in [-0.2, 0) is 0 Å². The minimum absolute atomic E-state index is 0.379. The van der Waals surface area contributed by atoms with E-state index in [1.165, 1.54) is 24.9 Å². The molecule has 0 spiro atoms. The molecule has 1 aliphatic heterocycles. The fraction of sp³-hybridized carbons (Fsp3) is 0.636. The van der Waals surface area contributed by atoms with E-state index in [1.54, 1.807) is 11.3 Å². The Hall–Kier alpha value is -0.380. The molecule has 0 aromatic carbocycles. The van der Waals surface area contributed by atoms with Gasteiger partial charge in [-0.05, 0) is 48.7 Å². The molecular weight excluding hydrogens is 192 g/mol. The maximum Gasteiger partial charge on any atom is 0.0328 e. The first-order valence-electron chi connectivity index (χ1n) is 5.29. The van der Waals surface area contributed by atoms with Crippen molar-refractivity contribution in [2.75, 3.05) is 13.1 Å². The number of rotatable bonds is 2. The highest BCUT2D eigenvalue weighted by molar-refractivity contribution is 7.07. The van der Waals surface area contributed by atoms with E-state index in [0.29, 0.717) is 12.1 Å². The highest BCUT2D eigenvalue weighted by atomic mass is 32.1. The van der Waals surface area contributed by atoms with Crippen molar-refractivity contribution in [2.45, 2.75) is 31.8 Å². The molecule has 0 aliphatic carbocycles. The van der Waals surface area contributed by atoms with Gasteiger partial charge in [-0.1, -0.05) is 0 Å². The predicted molar refractivity (Wildman–Crippen MR) is 61.5 cm³/mol. The number of hydrogen-bond acceptors (Lipinski definition) is 3. The second-order valence-corrected chi connectivity index (χ2v) is 4.91. The Morgan fingerprint density at radius 2 is 2.50 bits per heavy atom. The monoisotopic (exact) mass is 210 g/mol. The lowest BCUT2D eigenvalue weighted by Gasteiger charge is -2.35. The molecule has 0 radical (unpaired) electrons. The fourth-order valence-corrected chi connectivity index (χ4v) is 2.86. The van der Waals surface area contributed by atoms with Gasteiger partial charge in [-0.3, -0.25) is 4.90 Å². The largest absolute Gasteiger partial charge is 0.327 e. The number of hydrogen-bond donors (Lipinski definition) is 1. The molecule has 1 aromatic heterocycles. The smallest absolute Gasteiger partial charge is 0.0328 e. The van der Waals surface area contributed by atoms with Gasteiger partial charge in [0.1, 0.15) is 0 Å². The third kappa shape index (κ3) is 2.16. The summed E-state index contributed by atoms with van der Waals surface area (Å²) in [5.74, 6) is 0.